The van der Waals surface area contributed by atoms with E-state index in [2.05, 4.69) is 10.3 Å². The van der Waals surface area contributed by atoms with E-state index in [1.807, 2.05) is 0 Å². The molecule has 0 aliphatic rings. The van der Waals surface area contributed by atoms with Crippen LogP contribution in [-0.2, 0) is 11.2 Å². The fraction of sp³-hybridized carbons (Fsp3) is 0.333. The lowest BCUT2D eigenvalue weighted by Gasteiger charge is -2.03. The highest BCUT2D eigenvalue weighted by Gasteiger charge is 2.05. The molecule has 0 aliphatic heterocycles. The Kier molecular flexibility index (Phi) is 6.92. The van der Waals surface area contributed by atoms with E-state index in [4.69, 9.17) is 11.6 Å². The summed E-state index contributed by atoms with van der Waals surface area (Å²) in [6, 6.07) is 0.756. The first-order valence-electron chi connectivity index (χ1n) is 4.26. The molecule has 0 saturated carbocycles. The lowest BCUT2D eigenvalue weighted by molar-refractivity contribution is -0.118. The third kappa shape index (κ3) is 4.72. The molecule has 0 spiro atoms. The molecule has 16 heavy (non-hydrogen) atoms. The number of nitrogens with zero attached hydrogens (tertiary/aromatic N) is 1. The molecule has 0 saturated heterocycles. The lowest BCUT2D eigenvalue weighted by Crippen LogP contribution is -2.27. The predicted octanol–water partition coefficient (Wildman–Crippen LogP) is 1.68. The first kappa shape index (κ1) is 15.1. The highest BCUT2D eigenvalue weighted by atomic mass is 35.5. The van der Waals surface area contributed by atoms with E-state index in [0.717, 1.165) is 12.3 Å². The number of aromatic nitrogens is 1. The van der Waals surface area contributed by atoms with E-state index in [0.29, 0.717) is 0 Å². The van der Waals surface area contributed by atoms with E-state index in [1.165, 1.54) is 0 Å². The fourth-order valence-corrected chi connectivity index (χ4v) is 1.09. The van der Waals surface area contributed by atoms with Crippen LogP contribution >= 0.6 is 24.0 Å². The average molecular weight is 271 g/mol. The number of carbonyl (C=O) groups is 1. The minimum absolute atomic E-state index is 0. The summed E-state index contributed by atoms with van der Waals surface area (Å²) in [6.07, 6.45) is 1.14. The van der Waals surface area contributed by atoms with Gasteiger partial charge in [0.25, 0.3) is 0 Å². The van der Waals surface area contributed by atoms with Gasteiger partial charge >= 0.3 is 0 Å². The van der Waals surface area contributed by atoms with Crippen LogP contribution in [0, 0.1) is 11.6 Å². The van der Waals surface area contributed by atoms with Crippen LogP contribution in [0.3, 0.4) is 0 Å². The maximum atomic E-state index is 13.0. The van der Waals surface area contributed by atoms with Crippen LogP contribution in [-0.4, -0.2) is 23.3 Å². The number of hydrogen-bond donors (Lipinski definition) is 1. The molecule has 1 aromatic heterocycles. The number of alkyl halides is 1. The van der Waals surface area contributed by atoms with Crippen molar-refractivity contribution >= 4 is 29.9 Å². The molecule has 0 bridgehead atoms. The third-order valence-corrected chi connectivity index (χ3v) is 1.93. The van der Waals surface area contributed by atoms with E-state index in [-0.39, 0.29) is 42.9 Å². The normalized spacial score (nSPS) is 9.44. The minimum Gasteiger partial charge on any atom is -0.355 e. The van der Waals surface area contributed by atoms with Gasteiger partial charge in [-0.2, -0.15) is 0 Å². The van der Waals surface area contributed by atoms with Gasteiger partial charge in [-0.05, 0) is 0 Å². The second-order valence-electron chi connectivity index (χ2n) is 2.82. The van der Waals surface area contributed by atoms with Crippen molar-refractivity contribution in [3.63, 3.8) is 0 Å². The van der Waals surface area contributed by atoms with E-state index >= 15 is 0 Å². The van der Waals surface area contributed by atoms with Crippen molar-refractivity contribution in [1.29, 1.82) is 0 Å². The zero-order valence-electron chi connectivity index (χ0n) is 8.17. The van der Waals surface area contributed by atoms with Gasteiger partial charge in [-0.3, -0.25) is 9.78 Å². The summed E-state index contributed by atoms with van der Waals surface area (Å²) < 4.78 is 25.5. The monoisotopic (exact) mass is 270 g/mol. The molecule has 1 heterocycles. The number of pyridine rings is 1. The second kappa shape index (κ2) is 7.35. The predicted molar refractivity (Wildman–Crippen MR) is 58.8 cm³/mol. The third-order valence-electron chi connectivity index (χ3n) is 1.69. The van der Waals surface area contributed by atoms with Gasteiger partial charge in [-0.15, -0.1) is 24.0 Å². The van der Waals surface area contributed by atoms with Crippen molar-refractivity contribution < 1.29 is 13.6 Å². The summed E-state index contributed by atoms with van der Waals surface area (Å²) in [5, 5.41) is 2.45. The molecule has 1 aromatic rings. The fourth-order valence-electron chi connectivity index (χ4n) is 0.994. The lowest BCUT2D eigenvalue weighted by atomic mass is 10.2. The molecule has 0 aliphatic carbocycles. The largest absolute Gasteiger partial charge is 0.355 e. The Morgan fingerprint density at radius 3 is 2.75 bits per heavy atom. The molecule has 1 amide bonds. The number of nitrogens with one attached hydrogen (secondary N) is 1. The number of carbonyl (C=O) groups excluding carboxylic acids is 1. The van der Waals surface area contributed by atoms with Gasteiger partial charge in [0.15, 0.2) is 0 Å². The number of hydrogen-bond acceptors (Lipinski definition) is 2. The summed E-state index contributed by atoms with van der Waals surface area (Å²) in [6.45, 7) is 0.223. The molecule has 7 heteroatoms. The summed E-state index contributed by atoms with van der Waals surface area (Å²) in [5.41, 5.74) is 0.117. The molecular weight excluding hydrogens is 261 g/mol. The Labute approximate surface area is 103 Å². The minimum atomic E-state index is -0.721. The number of rotatable bonds is 4. The van der Waals surface area contributed by atoms with Crippen LogP contribution < -0.4 is 5.32 Å². The Morgan fingerprint density at radius 2 is 2.19 bits per heavy atom. The van der Waals surface area contributed by atoms with Crippen molar-refractivity contribution in [3.8, 4) is 0 Å². The standard InChI is InChI=1S/C9H9ClF2N2O.ClH/c10-4-9(15)13-2-1-8-7(12)3-6(11)5-14-8;/h3,5H,1-2,4H2,(H,13,15);1H. The molecule has 90 valence electrons. The van der Waals surface area contributed by atoms with E-state index < -0.39 is 11.6 Å². The van der Waals surface area contributed by atoms with Crippen LogP contribution in [0.2, 0.25) is 0 Å². The topological polar surface area (TPSA) is 42.0 Å². The van der Waals surface area contributed by atoms with Gasteiger partial charge in [-0.25, -0.2) is 8.78 Å². The zero-order valence-corrected chi connectivity index (χ0v) is 9.75. The molecule has 0 atom stereocenters. The van der Waals surface area contributed by atoms with Crippen LogP contribution in [0.15, 0.2) is 12.3 Å². The Bertz CT molecular complexity index is 363. The first-order valence-corrected chi connectivity index (χ1v) is 4.79. The SMILES string of the molecule is Cl.O=C(CCl)NCCc1ncc(F)cc1F. The second-order valence-corrected chi connectivity index (χ2v) is 3.08. The van der Waals surface area contributed by atoms with Crippen LogP contribution in [0.5, 0.6) is 0 Å². The van der Waals surface area contributed by atoms with Gasteiger partial charge < -0.3 is 5.32 Å². The molecule has 0 fully saturated rings. The Balaban J connectivity index is 0.00000225. The number of halogens is 4. The van der Waals surface area contributed by atoms with Crippen LogP contribution in [0.25, 0.3) is 0 Å². The Morgan fingerprint density at radius 1 is 1.50 bits per heavy atom. The molecule has 1 N–H and O–H groups in total. The van der Waals surface area contributed by atoms with Crippen LogP contribution in [0.1, 0.15) is 5.69 Å². The van der Waals surface area contributed by atoms with Gasteiger partial charge in [0.05, 0.1) is 11.9 Å². The summed E-state index contributed by atoms with van der Waals surface area (Å²) in [5.74, 6) is -1.91. The van der Waals surface area contributed by atoms with E-state index in [1.54, 1.807) is 0 Å². The van der Waals surface area contributed by atoms with Gasteiger partial charge in [0.1, 0.15) is 17.5 Å². The van der Waals surface area contributed by atoms with Crippen molar-refractivity contribution in [2.24, 2.45) is 0 Å². The highest BCUT2D eigenvalue weighted by Crippen LogP contribution is 2.05. The van der Waals surface area contributed by atoms with Crippen LogP contribution in [0.4, 0.5) is 8.78 Å². The summed E-state index contributed by atoms with van der Waals surface area (Å²) in [4.78, 5) is 14.3. The molecule has 1 rings (SSSR count). The molecule has 3 nitrogen and oxygen atoms in total. The molecular formula is C9H10Cl2F2N2O. The van der Waals surface area contributed by atoms with Crippen molar-refractivity contribution in [2.75, 3.05) is 12.4 Å². The van der Waals surface area contributed by atoms with Crippen molar-refractivity contribution in [1.82, 2.24) is 10.3 Å². The maximum Gasteiger partial charge on any atom is 0.234 e. The highest BCUT2D eigenvalue weighted by molar-refractivity contribution is 6.27. The molecule has 0 aromatic carbocycles. The van der Waals surface area contributed by atoms with Crippen molar-refractivity contribution in [2.45, 2.75) is 6.42 Å². The first-order chi connectivity index (χ1) is 7.13. The van der Waals surface area contributed by atoms with Gasteiger partial charge in [0.2, 0.25) is 5.91 Å². The van der Waals surface area contributed by atoms with Crippen molar-refractivity contribution in [3.05, 3.63) is 29.6 Å². The summed E-state index contributed by atoms with van der Waals surface area (Å²) in [7, 11) is 0. The maximum absolute atomic E-state index is 13.0. The Hall–Kier alpha value is -0.940. The van der Waals surface area contributed by atoms with Gasteiger partial charge in [-0.1, -0.05) is 0 Å². The molecule has 0 unspecified atom stereocenters. The summed E-state index contributed by atoms with van der Waals surface area (Å²) >= 11 is 5.23. The molecule has 0 radical (unpaired) electrons. The zero-order chi connectivity index (χ0) is 11.3. The quantitative estimate of drug-likeness (QED) is 0.846. The van der Waals surface area contributed by atoms with Gasteiger partial charge in [0, 0.05) is 19.0 Å². The average Bonchev–Trinajstić information content (AvgIpc) is 2.21. The smallest absolute Gasteiger partial charge is 0.234 e. The number of amides is 1. The van der Waals surface area contributed by atoms with E-state index in [9.17, 15) is 13.6 Å².